The van der Waals surface area contributed by atoms with Crippen LogP contribution < -0.4 is 13.6 Å². The van der Waals surface area contributed by atoms with Crippen LogP contribution in [-0.2, 0) is 12.8 Å². The van der Waals surface area contributed by atoms with Crippen molar-refractivity contribution in [3.8, 4) is 23.0 Å². The van der Waals surface area contributed by atoms with Crippen molar-refractivity contribution in [1.29, 1.82) is 0 Å². The van der Waals surface area contributed by atoms with Crippen molar-refractivity contribution < 1.29 is 13.6 Å². The van der Waals surface area contributed by atoms with Crippen LogP contribution in [0.4, 0.5) is 0 Å². The molecule has 0 aliphatic rings. The summed E-state index contributed by atoms with van der Waals surface area (Å²) < 4.78 is 18.6. The summed E-state index contributed by atoms with van der Waals surface area (Å²) in [6.07, 6.45) is 5.26. The lowest BCUT2D eigenvalue weighted by Gasteiger charge is -2.23. The van der Waals surface area contributed by atoms with Crippen LogP contribution in [0.2, 0.25) is 39.3 Å². The van der Waals surface area contributed by atoms with Crippen LogP contribution in [0.1, 0.15) is 11.1 Å². The maximum Gasteiger partial charge on any atom is 0.242 e. The summed E-state index contributed by atoms with van der Waals surface area (Å²) in [5.74, 6) is 3.41. The lowest BCUT2D eigenvalue weighted by Crippen LogP contribution is -2.29. The van der Waals surface area contributed by atoms with Gasteiger partial charge in [-0.2, -0.15) is 0 Å². The average molecular weight is 427 g/mol. The molecule has 0 aromatic heterocycles. The molecule has 0 radical (unpaired) electrons. The van der Waals surface area contributed by atoms with Gasteiger partial charge in [0.05, 0.1) is 0 Å². The van der Waals surface area contributed by atoms with Crippen molar-refractivity contribution >= 4 is 16.6 Å². The topological polar surface area (TPSA) is 27.7 Å². The van der Waals surface area contributed by atoms with Gasteiger partial charge in [0.1, 0.15) is 23.0 Å². The molecule has 2 rings (SSSR count). The predicted molar refractivity (Wildman–Crippen MR) is 129 cm³/mol. The van der Waals surface area contributed by atoms with Gasteiger partial charge in [0.2, 0.25) is 16.6 Å². The molecule has 0 saturated carbocycles. The molecule has 29 heavy (non-hydrogen) atoms. The van der Waals surface area contributed by atoms with Gasteiger partial charge in [0, 0.05) is 11.1 Å². The van der Waals surface area contributed by atoms with E-state index in [4.69, 9.17) is 13.6 Å². The zero-order chi connectivity index (χ0) is 21.7. The van der Waals surface area contributed by atoms with Gasteiger partial charge in [-0.3, -0.25) is 0 Å². The van der Waals surface area contributed by atoms with E-state index in [9.17, 15) is 0 Å². The molecule has 2 aromatic rings. The first-order valence-corrected chi connectivity index (χ1v) is 16.9. The largest absolute Gasteiger partial charge is 0.544 e. The van der Waals surface area contributed by atoms with Crippen molar-refractivity contribution in [2.24, 2.45) is 0 Å². The Labute approximate surface area is 178 Å². The minimum absolute atomic E-state index is 0.738. The Kier molecular flexibility index (Phi) is 7.55. The fourth-order valence-electron chi connectivity index (χ4n) is 2.86. The quantitative estimate of drug-likeness (QED) is 0.293. The lowest BCUT2D eigenvalue weighted by molar-refractivity contribution is 0.475. The summed E-state index contributed by atoms with van der Waals surface area (Å²) in [7, 11) is -3.38. The Morgan fingerprint density at radius 2 is 1.07 bits per heavy atom. The Morgan fingerprint density at radius 3 is 1.38 bits per heavy atom. The van der Waals surface area contributed by atoms with E-state index in [1.807, 2.05) is 48.6 Å². The molecule has 0 bridgehead atoms. The average Bonchev–Trinajstić information content (AvgIpc) is 2.58. The lowest BCUT2D eigenvalue weighted by atomic mass is 10.1. The van der Waals surface area contributed by atoms with Crippen LogP contribution in [0.3, 0.4) is 0 Å². The highest BCUT2D eigenvalue weighted by Gasteiger charge is 2.20. The molecule has 0 spiro atoms. The zero-order valence-corrected chi connectivity index (χ0v) is 20.7. The molecule has 0 N–H and O–H groups in total. The number of allylic oxidation sites excluding steroid dienone is 2. The maximum absolute atomic E-state index is 6.22. The second-order valence-corrected chi connectivity index (χ2v) is 17.9. The molecule has 0 aliphatic heterocycles. The Balaban J connectivity index is 2.30. The molecule has 3 nitrogen and oxygen atoms in total. The van der Waals surface area contributed by atoms with E-state index in [1.165, 1.54) is 0 Å². The van der Waals surface area contributed by atoms with Crippen LogP contribution in [0, 0.1) is 0 Å². The first-order valence-electron chi connectivity index (χ1n) is 10.0. The predicted octanol–water partition coefficient (Wildman–Crippen LogP) is 7.36. The van der Waals surface area contributed by atoms with Gasteiger partial charge < -0.3 is 13.6 Å². The molecule has 0 aliphatic carbocycles. The summed E-state index contributed by atoms with van der Waals surface area (Å²) in [4.78, 5) is 0. The highest BCUT2D eigenvalue weighted by atomic mass is 28.4. The third-order valence-electron chi connectivity index (χ3n) is 3.86. The van der Waals surface area contributed by atoms with Gasteiger partial charge in [-0.1, -0.05) is 12.2 Å². The van der Waals surface area contributed by atoms with Gasteiger partial charge in [-0.25, -0.2) is 0 Å². The summed E-state index contributed by atoms with van der Waals surface area (Å²) in [6.45, 7) is 20.8. The van der Waals surface area contributed by atoms with E-state index in [2.05, 4.69) is 52.4 Å². The Hall–Kier alpha value is -2.25. The van der Waals surface area contributed by atoms with Gasteiger partial charge >= 0.3 is 0 Å². The number of benzene rings is 2. The van der Waals surface area contributed by atoms with Gasteiger partial charge in [-0.05, 0) is 88.5 Å². The molecule has 0 unspecified atom stereocenters. The summed E-state index contributed by atoms with van der Waals surface area (Å²) >= 11 is 0. The normalized spacial score (nSPS) is 11.7. The summed E-state index contributed by atoms with van der Waals surface area (Å²) in [5.41, 5.74) is 2.18. The number of ether oxygens (including phenoxy) is 1. The standard InChI is InChI=1S/C24H34O3Si2/c1-9-11-19-17-21(13-15-23(19)26-28(3,4)5)25-22-14-16-24(27-29(6,7)8)20(18-22)12-10-2/h9-10,13-18H,1-2,11-12H2,3-8H3. The van der Waals surface area contributed by atoms with Crippen LogP contribution in [0.25, 0.3) is 0 Å². The van der Waals surface area contributed by atoms with E-state index < -0.39 is 16.6 Å². The third-order valence-corrected chi connectivity index (χ3v) is 5.52. The SMILES string of the molecule is C=CCc1cc(Oc2ccc(O[Si](C)(C)C)c(CC=C)c2)ccc1O[Si](C)(C)C. The first kappa shape index (κ1) is 23.0. The number of hydrogen-bond donors (Lipinski definition) is 0. The van der Waals surface area contributed by atoms with Crippen LogP contribution in [0.5, 0.6) is 23.0 Å². The number of rotatable bonds is 10. The highest BCUT2D eigenvalue weighted by molar-refractivity contribution is 6.70. The van der Waals surface area contributed by atoms with Crippen molar-refractivity contribution in [3.63, 3.8) is 0 Å². The second-order valence-electron chi connectivity index (χ2n) is 9.06. The van der Waals surface area contributed by atoms with E-state index in [1.54, 1.807) is 0 Å². The molecule has 0 fully saturated rings. The van der Waals surface area contributed by atoms with Crippen molar-refractivity contribution in [2.45, 2.75) is 52.1 Å². The molecular weight excluding hydrogens is 392 g/mol. The van der Waals surface area contributed by atoms with Gasteiger partial charge in [0.15, 0.2) is 0 Å². The fourth-order valence-corrected chi connectivity index (χ4v) is 4.58. The molecule has 5 heteroatoms. The smallest absolute Gasteiger partial charge is 0.242 e. The molecule has 2 aromatic carbocycles. The van der Waals surface area contributed by atoms with Crippen molar-refractivity contribution in [1.82, 2.24) is 0 Å². The van der Waals surface area contributed by atoms with E-state index in [0.29, 0.717) is 0 Å². The van der Waals surface area contributed by atoms with Crippen molar-refractivity contribution in [3.05, 3.63) is 72.8 Å². The summed E-state index contributed by atoms with van der Waals surface area (Å²) in [5, 5.41) is 0. The van der Waals surface area contributed by atoms with Crippen LogP contribution in [-0.4, -0.2) is 16.6 Å². The van der Waals surface area contributed by atoms with E-state index >= 15 is 0 Å². The van der Waals surface area contributed by atoms with Gasteiger partial charge in [0.25, 0.3) is 0 Å². The third kappa shape index (κ3) is 7.59. The van der Waals surface area contributed by atoms with E-state index in [-0.39, 0.29) is 0 Å². The molecule has 0 saturated heterocycles. The molecule has 0 heterocycles. The molecular formula is C24H34O3Si2. The van der Waals surface area contributed by atoms with Crippen molar-refractivity contribution in [2.75, 3.05) is 0 Å². The molecule has 0 amide bonds. The van der Waals surface area contributed by atoms with Crippen LogP contribution in [0.15, 0.2) is 61.7 Å². The minimum Gasteiger partial charge on any atom is -0.544 e. The Bertz CT molecular complexity index is 790. The number of hydrogen-bond acceptors (Lipinski definition) is 3. The van der Waals surface area contributed by atoms with E-state index in [0.717, 1.165) is 47.0 Å². The molecule has 156 valence electrons. The monoisotopic (exact) mass is 426 g/mol. The zero-order valence-electron chi connectivity index (χ0n) is 18.7. The first-order chi connectivity index (χ1) is 13.5. The summed E-state index contributed by atoms with van der Waals surface area (Å²) in [6, 6.07) is 12.0. The minimum atomic E-state index is -1.69. The van der Waals surface area contributed by atoms with Gasteiger partial charge in [-0.15, -0.1) is 13.2 Å². The second kappa shape index (κ2) is 9.50. The Morgan fingerprint density at radius 1 is 0.690 bits per heavy atom. The fraction of sp³-hybridized carbons (Fsp3) is 0.333. The van der Waals surface area contributed by atoms with Crippen LogP contribution >= 0.6 is 0 Å². The highest BCUT2D eigenvalue weighted by Crippen LogP contribution is 2.33. The maximum atomic E-state index is 6.22. The molecule has 0 atom stereocenters.